The van der Waals surface area contributed by atoms with Gasteiger partial charge in [-0.05, 0) is 37.6 Å². The van der Waals surface area contributed by atoms with Crippen molar-refractivity contribution in [2.75, 3.05) is 25.0 Å². The topological polar surface area (TPSA) is 92.8 Å². The van der Waals surface area contributed by atoms with Gasteiger partial charge in [0, 0.05) is 19.2 Å². The predicted octanol–water partition coefficient (Wildman–Crippen LogP) is 1.61. The van der Waals surface area contributed by atoms with Crippen molar-refractivity contribution in [1.82, 2.24) is 4.31 Å². The summed E-state index contributed by atoms with van der Waals surface area (Å²) in [5, 5.41) is 2.57. The lowest BCUT2D eigenvalue weighted by Crippen LogP contribution is -2.37. The van der Waals surface area contributed by atoms with Crippen molar-refractivity contribution >= 4 is 27.6 Å². The van der Waals surface area contributed by atoms with Crippen molar-refractivity contribution in [2.45, 2.75) is 32.1 Å². The van der Waals surface area contributed by atoms with E-state index < -0.39 is 16.0 Å². The average Bonchev–Trinajstić information content (AvgIpc) is 2.47. The number of ether oxygens (including phenoxy) is 1. The van der Waals surface area contributed by atoms with Crippen LogP contribution in [0.25, 0.3) is 0 Å². The number of carbonyl (C=O) groups is 2. The quantitative estimate of drug-likeness (QED) is 0.725. The molecule has 0 bridgehead atoms. The largest absolute Gasteiger partial charge is 0.465 e. The fourth-order valence-electron chi connectivity index (χ4n) is 1.95. The number of nitrogens with one attached hydrogen (secondary N) is 1. The lowest BCUT2D eigenvalue weighted by Gasteiger charge is -2.20. The molecule has 0 aliphatic heterocycles. The molecular formula is C15H22N2O5S. The summed E-state index contributed by atoms with van der Waals surface area (Å²) in [4.78, 5) is 22.6. The van der Waals surface area contributed by atoms with E-state index in [4.69, 9.17) is 4.74 Å². The summed E-state index contributed by atoms with van der Waals surface area (Å²) < 4.78 is 31.2. The van der Waals surface area contributed by atoms with Gasteiger partial charge in [0.25, 0.3) is 0 Å². The number of carbonyl (C=O) groups excluding carboxylic acids is 2. The zero-order chi connectivity index (χ0) is 17.5. The maximum absolute atomic E-state index is 12.6. The minimum Gasteiger partial charge on any atom is -0.465 e. The first kappa shape index (κ1) is 19.1. The number of nitrogens with zero attached hydrogens (tertiary/aromatic N) is 1. The van der Waals surface area contributed by atoms with E-state index in [-0.39, 0.29) is 30.5 Å². The van der Waals surface area contributed by atoms with E-state index >= 15 is 0 Å². The highest BCUT2D eigenvalue weighted by molar-refractivity contribution is 7.89. The molecule has 23 heavy (non-hydrogen) atoms. The third-order valence-electron chi connectivity index (χ3n) is 2.90. The molecule has 7 nitrogen and oxygen atoms in total. The van der Waals surface area contributed by atoms with Crippen LogP contribution in [-0.2, 0) is 24.3 Å². The summed E-state index contributed by atoms with van der Waals surface area (Å²) in [6, 6.07) is 5.80. The molecule has 0 spiro atoms. The van der Waals surface area contributed by atoms with E-state index in [9.17, 15) is 18.0 Å². The van der Waals surface area contributed by atoms with Gasteiger partial charge in [-0.25, -0.2) is 8.42 Å². The molecule has 0 saturated heterocycles. The first-order valence-electron chi connectivity index (χ1n) is 7.34. The van der Waals surface area contributed by atoms with Crippen LogP contribution in [0, 0.1) is 0 Å². The van der Waals surface area contributed by atoms with Crippen LogP contribution in [0.3, 0.4) is 0 Å². The molecule has 1 rings (SSSR count). The number of anilines is 1. The molecule has 0 atom stereocenters. The summed E-state index contributed by atoms with van der Waals surface area (Å²) in [7, 11) is -3.80. The molecule has 0 heterocycles. The number of amides is 1. The number of hydrogen-bond donors (Lipinski definition) is 1. The van der Waals surface area contributed by atoms with Gasteiger partial charge in [-0.3, -0.25) is 9.59 Å². The number of benzene rings is 1. The van der Waals surface area contributed by atoms with Crippen LogP contribution in [0.1, 0.15) is 27.2 Å². The number of esters is 1. The highest BCUT2D eigenvalue weighted by Gasteiger charge is 2.26. The summed E-state index contributed by atoms with van der Waals surface area (Å²) in [5.41, 5.74) is 0.504. The second kappa shape index (κ2) is 8.64. The van der Waals surface area contributed by atoms with Crippen LogP contribution in [0.5, 0.6) is 0 Å². The molecule has 128 valence electrons. The molecule has 8 heteroatoms. The van der Waals surface area contributed by atoms with Crippen molar-refractivity contribution in [3.05, 3.63) is 24.3 Å². The molecule has 0 unspecified atom stereocenters. The van der Waals surface area contributed by atoms with Gasteiger partial charge in [-0.2, -0.15) is 4.31 Å². The highest BCUT2D eigenvalue weighted by Crippen LogP contribution is 2.19. The normalized spacial score (nSPS) is 11.3. The third-order valence-corrected chi connectivity index (χ3v) is 4.76. The maximum atomic E-state index is 12.6. The standard InChI is InChI=1S/C15H22N2O5S/c1-4-10-17(11-15(19)22-5-2)23(20,21)14-8-6-13(7-9-14)16-12(3)18/h6-9H,4-5,10-11H2,1-3H3,(H,16,18). The molecule has 1 aromatic rings. The molecule has 1 aromatic carbocycles. The summed E-state index contributed by atoms with van der Waals surface area (Å²) in [6.07, 6.45) is 0.572. The lowest BCUT2D eigenvalue weighted by atomic mass is 10.3. The first-order valence-corrected chi connectivity index (χ1v) is 8.78. The number of rotatable bonds is 8. The Hall–Kier alpha value is -1.93. The van der Waals surface area contributed by atoms with Gasteiger partial charge in [0.2, 0.25) is 15.9 Å². The third kappa shape index (κ3) is 5.65. The minimum atomic E-state index is -3.80. The minimum absolute atomic E-state index is 0.0596. The Bertz CT molecular complexity index is 640. The van der Waals surface area contributed by atoms with Gasteiger partial charge in [-0.15, -0.1) is 0 Å². The predicted molar refractivity (Wildman–Crippen MR) is 86.4 cm³/mol. The van der Waals surface area contributed by atoms with Gasteiger partial charge in [0.15, 0.2) is 0 Å². The Morgan fingerprint density at radius 1 is 1.17 bits per heavy atom. The molecule has 0 aromatic heterocycles. The van der Waals surface area contributed by atoms with Crippen LogP contribution in [0.4, 0.5) is 5.69 Å². The Morgan fingerprint density at radius 2 is 1.78 bits per heavy atom. The molecule has 0 aliphatic rings. The van der Waals surface area contributed by atoms with E-state index in [0.717, 1.165) is 4.31 Å². The molecule has 0 radical (unpaired) electrons. The van der Waals surface area contributed by atoms with E-state index in [1.807, 2.05) is 6.92 Å². The second-order valence-corrected chi connectivity index (χ2v) is 6.79. The van der Waals surface area contributed by atoms with Crippen LogP contribution in [0.15, 0.2) is 29.2 Å². The SMILES string of the molecule is CCCN(CC(=O)OCC)S(=O)(=O)c1ccc(NC(C)=O)cc1. The maximum Gasteiger partial charge on any atom is 0.321 e. The lowest BCUT2D eigenvalue weighted by molar-refractivity contribution is -0.143. The van der Waals surface area contributed by atoms with Crippen molar-refractivity contribution in [1.29, 1.82) is 0 Å². The monoisotopic (exact) mass is 342 g/mol. The Kier molecular flexibility index (Phi) is 7.18. The molecule has 1 amide bonds. The summed E-state index contributed by atoms with van der Waals surface area (Å²) >= 11 is 0. The first-order chi connectivity index (χ1) is 10.8. The Balaban J connectivity index is 2.99. The van der Waals surface area contributed by atoms with Crippen molar-refractivity contribution < 1.29 is 22.7 Å². The van der Waals surface area contributed by atoms with E-state index in [0.29, 0.717) is 12.1 Å². The number of sulfonamides is 1. The van der Waals surface area contributed by atoms with Crippen molar-refractivity contribution in [3.8, 4) is 0 Å². The second-order valence-electron chi connectivity index (χ2n) is 4.85. The van der Waals surface area contributed by atoms with Gasteiger partial charge in [0.05, 0.1) is 11.5 Å². The number of hydrogen-bond acceptors (Lipinski definition) is 5. The van der Waals surface area contributed by atoms with Gasteiger partial charge >= 0.3 is 5.97 Å². The zero-order valence-electron chi connectivity index (χ0n) is 13.5. The van der Waals surface area contributed by atoms with Crippen molar-refractivity contribution in [3.63, 3.8) is 0 Å². The molecule has 0 fully saturated rings. The van der Waals surface area contributed by atoms with Crippen molar-refractivity contribution in [2.24, 2.45) is 0 Å². The summed E-state index contributed by atoms with van der Waals surface area (Å²) in [5.74, 6) is -0.824. The van der Waals surface area contributed by atoms with Crippen LogP contribution < -0.4 is 5.32 Å². The van der Waals surface area contributed by atoms with Gasteiger partial charge < -0.3 is 10.1 Å². The van der Waals surface area contributed by atoms with E-state index in [1.165, 1.54) is 31.2 Å². The van der Waals surface area contributed by atoms with E-state index in [1.54, 1.807) is 6.92 Å². The summed E-state index contributed by atoms with van der Waals surface area (Å²) in [6.45, 7) is 4.95. The Morgan fingerprint density at radius 3 is 2.26 bits per heavy atom. The van der Waals surface area contributed by atoms with E-state index in [2.05, 4.69) is 5.32 Å². The zero-order valence-corrected chi connectivity index (χ0v) is 14.4. The molecular weight excluding hydrogens is 320 g/mol. The van der Waals surface area contributed by atoms with Crippen LogP contribution in [0.2, 0.25) is 0 Å². The fourth-order valence-corrected chi connectivity index (χ4v) is 3.42. The smallest absolute Gasteiger partial charge is 0.321 e. The Labute approximate surface area is 136 Å². The van der Waals surface area contributed by atoms with Crippen LogP contribution in [-0.4, -0.2) is 44.3 Å². The van der Waals surface area contributed by atoms with Crippen LogP contribution >= 0.6 is 0 Å². The molecule has 0 aliphatic carbocycles. The average molecular weight is 342 g/mol. The molecule has 0 saturated carbocycles. The van der Waals surface area contributed by atoms with Gasteiger partial charge in [-0.1, -0.05) is 6.92 Å². The fraction of sp³-hybridized carbons (Fsp3) is 0.467. The molecule has 1 N–H and O–H groups in total. The van der Waals surface area contributed by atoms with Gasteiger partial charge in [0.1, 0.15) is 6.54 Å². The highest BCUT2D eigenvalue weighted by atomic mass is 32.2.